The van der Waals surface area contributed by atoms with E-state index in [1.165, 1.54) is 0 Å². The van der Waals surface area contributed by atoms with Crippen LogP contribution in [0.5, 0.6) is 0 Å². The van der Waals surface area contributed by atoms with E-state index in [1.807, 2.05) is 19.0 Å². The fourth-order valence-corrected chi connectivity index (χ4v) is 2.29. The monoisotopic (exact) mass is 236 g/mol. The van der Waals surface area contributed by atoms with E-state index in [4.69, 9.17) is 0 Å². The third-order valence-electron chi connectivity index (χ3n) is 3.37. The van der Waals surface area contributed by atoms with Crippen molar-refractivity contribution in [3.05, 3.63) is 18.2 Å². The number of piperidine rings is 1. The standard InChI is InChI=1S/C12H20N4O/c1-15(8-10-3-5-13-6-4-10)12(17)11-7-14-9-16(11)2/h7,9-10,13H,3-6,8H2,1-2H3. The van der Waals surface area contributed by atoms with Gasteiger partial charge in [-0.1, -0.05) is 0 Å². The zero-order valence-electron chi connectivity index (χ0n) is 10.5. The fourth-order valence-electron chi connectivity index (χ4n) is 2.29. The number of imidazole rings is 1. The maximum absolute atomic E-state index is 12.1. The molecule has 1 aromatic rings. The van der Waals surface area contributed by atoms with Crippen LogP contribution in [0.1, 0.15) is 23.3 Å². The number of nitrogens with zero attached hydrogens (tertiary/aromatic N) is 3. The highest BCUT2D eigenvalue weighted by molar-refractivity contribution is 5.92. The number of amides is 1. The van der Waals surface area contributed by atoms with Crippen LogP contribution in [-0.2, 0) is 7.05 Å². The molecule has 1 fully saturated rings. The summed E-state index contributed by atoms with van der Waals surface area (Å²) >= 11 is 0. The second-order valence-electron chi connectivity index (χ2n) is 4.77. The Kier molecular flexibility index (Phi) is 3.78. The first-order valence-corrected chi connectivity index (χ1v) is 6.11. The minimum absolute atomic E-state index is 0.0588. The third kappa shape index (κ3) is 2.85. The van der Waals surface area contributed by atoms with Crippen LogP contribution in [-0.4, -0.2) is 47.0 Å². The molecule has 1 aliphatic heterocycles. The van der Waals surface area contributed by atoms with Crippen molar-refractivity contribution < 1.29 is 4.79 Å². The number of hydrogen-bond acceptors (Lipinski definition) is 3. The third-order valence-corrected chi connectivity index (χ3v) is 3.37. The molecular formula is C12H20N4O. The van der Waals surface area contributed by atoms with Crippen molar-refractivity contribution in [2.75, 3.05) is 26.7 Å². The zero-order chi connectivity index (χ0) is 12.3. The van der Waals surface area contributed by atoms with Gasteiger partial charge in [-0.05, 0) is 31.8 Å². The van der Waals surface area contributed by atoms with E-state index >= 15 is 0 Å². The predicted molar refractivity (Wildman–Crippen MR) is 65.8 cm³/mol. The van der Waals surface area contributed by atoms with Gasteiger partial charge < -0.3 is 14.8 Å². The highest BCUT2D eigenvalue weighted by atomic mass is 16.2. The molecule has 5 heteroatoms. The van der Waals surface area contributed by atoms with Crippen LogP contribution in [0.3, 0.4) is 0 Å². The summed E-state index contributed by atoms with van der Waals surface area (Å²) in [6.45, 7) is 2.97. The summed E-state index contributed by atoms with van der Waals surface area (Å²) in [7, 11) is 3.72. The quantitative estimate of drug-likeness (QED) is 0.831. The maximum Gasteiger partial charge on any atom is 0.271 e. The van der Waals surface area contributed by atoms with Crippen molar-refractivity contribution in [1.82, 2.24) is 19.8 Å². The number of rotatable bonds is 3. The summed E-state index contributed by atoms with van der Waals surface area (Å²) in [5.74, 6) is 0.682. The van der Waals surface area contributed by atoms with Gasteiger partial charge in [0.25, 0.3) is 5.91 Å². The molecule has 17 heavy (non-hydrogen) atoms. The number of hydrogen-bond donors (Lipinski definition) is 1. The Balaban J connectivity index is 1.93. The van der Waals surface area contributed by atoms with Crippen molar-refractivity contribution in [3.63, 3.8) is 0 Å². The van der Waals surface area contributed by atoms with Gasteiger partial charge in [-0.25, -0.2) is 4.98 Å². The summed E-state index contributed by atoms with van der Waals surface area (Å²) < 4.78 is 1.77. The van der Waals surface area contributed by atoms with Gasteiger partial charge in [-0.15, -0.1) is 0 Å². The number of nitrogens with one attached hydrogen (secondary N) is 1. The minimum Gasteiger partial charge on any atom is -0.340 e. The normalized spacial score (nSPS) is 17.1. The molecule has 0 unspecified atom stereocenters. The van der Waals surface area contributed by atoms with Crippen LogP contribution in [0.4, 0.5) is 0 Å². The second-order valence-corrected chi connectivity index (χ2v) is 4.77. The molecule has 1 N–H and O–H groups in total. The smallest absolute Gasteiger partial charge is 0.271 e. The lowest BCUT2D eigenvalue weighted by Crippen LogP contribution is -2.37. The lowest BCUT2D eigenvalue weighted by Gasteiger charge is -2.27. The van der Waals surface area contributed by atoms with Crippen molar-refractivity contribution in [2.45, 2.75) is 12.8 Å². The lowest BCUT2D eigenvalue weighted by molar-refractivity contribution is 0.0753. The van der Waals surface area contributed by atoms with Crippen molar-refractivity contribution in [2.24, 2.45) is 13.0 Å². The van der Waals surface area contributed by atoms with Crippen LogP contribution < -0.4 is 5.32 Å². The number of aryl methyl sites for hydroxylation is 1. The van der Waals surface area contributed by atoms with Crippen molar-refractivity contribution >= 4 is 5.91 Å². The summed E-state index contributed by atoms with van der Waals surface area (Å²) in [6.07, 6.45) is 5.60. The largest absolute Gasteiger partial charge is 0.340 e. The van der Waals surface area contributed by atoms with Gasteiger partial charge in [-0.2, -0.15) is 0 Å². The van der Waals surface area contributed by atoms with Gasteiger partial charge in [0.1, 0.15) is 5.69 Å². The molecule has 0 atom stereocenters. The molecular weight excluding hydrogens is 216 g/mol. The molecule has 0 bridgehead atoms. The van der Waals surface area contributed by atoms with Gasteiger partial charge in [0, 0.05) is 20.6 Å². The van der Waals surface area contributed by atoms with Crippen LogP contribution in [0.2, 0.25) is 0 Å². The van der Waals surface area contributed by atoms with Gasteiger partial charge in [-0.3, -0.25) is 4.79 Å². The molecule has 5 nitrogen and oxygen atoms in total. The van der Waals surface area contributed by atoms with Gasteiger partial charge >= 0.3 is 0 Å². The molecule has 1 aromatic heterocycles. The van der Waals surface area contributed by atoms with Gasteiger partial charge in [0.2, 0.25) is 0 Å². The Labute approximate surface area is 102 Å². The fraction of sp³-hybridized carbons (Fsp3) is 0.667. The van der Waals surface area contributed by atoms with Crippen molar-refractivity contribution in [3.8, 4) is 0 Å². The second kappa shape index (κ2) is 5.31. The van der Waals surface area contributed by atoms with Crippen LogP contribution in [0.15, 0.2) is 12.5 Å². The van der Waals surface area contributed by atoms with Crippen molar-refractivity contribution in [1.29, 1.82) is 0 Å². The van der Waals surface area contributed by atoms with Crippen LogP contribution in [0, 0.1) is 5.92 Å². The van der Waals surface area contributed by atoms with Gasteiger partial charge in [0.05, 0.1) is 12.5 Å². The average Bonchev–Trinajstić information content (AvgIpc) is 2.76. The predicted octanol–water partition coefficient (Wildman–Crippen LogP) is 0.492. The van der Waals surface area contributed by atoms with Crippen LogP contribution in [0.25, 0.3) is 0 Å². The first-order valence-electron chi connectivity index (χ1n) is 6.11. The van der Waals surface area contributed by atoms with E-state index < -0.39 is 0 Å². The van der Waals surface area contributed by atoms with Crippen LogP contribution >= 0.6 is 0 Å². The first kappa shape index (κ1) is 12.1. The molecule has 94 valence electrons. The molecule has 2 heterocycles. The Bertz CT molecular complexity index is 382. The van der Waals surface area contributed by atoms with E-state index in [-0.39, 0.29) is 5.91 Å². The SMILES string of the molecule is CN(CC1CCNCC1)C(=O)c1cncn1C. The van der Waals surface area contributed by atoms with E-state index in [2.05, 4.69) is 10.3 Å². The molecule has 1 saturated heterocycles. The number of carbonyl (C=O) groups is 1. The van der Waals surface area contributed by atoms with E-state index in [1.54, 1.807) is 17.1 Å². The van der Waals surface area contributed by atoms with E-state index in [0.717, 1.165) is 32.5 Å². The minimum atomic E-state index is 0.0588. The summed E-state index contributed by atoms with van der Waals surface area (Å²) in [5.41, 5.74) is 0.654. The Morgan fingerprint density at radius 1 is 1.59 bits per heavy atom. The number of carbonyl (C=O) groups excluding carboxylic acids is 1. The molecule has 0 spiro atoms. The topological polar surface area (TPSA) is 50.2 Å². The molecule has 0 aliphatic carbocycles. The lowest BCUT2D eigenvalue weighted by atomic mass is 9.97. The Morgan fingerprint density at radius 2 is 2.29 bits per heavy atom. The molecule has 0 saturated carbocycles. The Hall–Kier alpha value is -1.36. The average molecular weight is 236 g/mol. The molecule has 0 radical (unpaired) electrons. The summed E-state index contributed by atoms with van der Waals surface area (Å²) in [5, 5.41) is 3.34. The molecule has 2 rings (SSSR count). The zero-order valence-corrected chi connectivity index (χ0v) is 10.5. The Morgan fingerprint density at radius 3 is 2.88 bits per heavy atom. The van der Waals surface area contributed by atoms with Gasteiger partial charge in [0.15, 0.2) is 0 Å². The van der Waals surface area contributed by atoms with E-state index in [0.29, 0.717) is 11.6 Å². The highest BCUT2D eigenvalue weighted by Gasteiger charge is 2.20. The molecule has 0 aromatic carbocycles. The summed E-state index contributed by atoms with van der Waals surface area (Å²) in [6, 6.07) is 0. The first-order chi connectivity index (χ1) is 8.18. The summed E-state index contributed by atoms with van der Waals surface area (Å²) in [4.78, 5) is 17.9. The number of aromatic nitrogens is 2. The highest BCUT2D eigenvalue weighted by Crippen LogP contribution is 2.14. The van der Waals surface area contributed by atoms with E-state index in [9.17, 15) is 4.79 Å². The maximum atomic E-state index is 12.1. The molecule has 1 amide bonds. The molecule has 1 aliphatic rings.